The molecule has 0 fully saturated rings. The number of likely N-dealkylation sites (N-methyl/N-ethyl adjacent to an activating group) is 1. The van der Waals surface area contributed by atoms with Crippen LogP contribution in [0.3, 0.4) is 0 Å². The maximum Gasteiger partial charge on any atom is 0.243 e. The van der Waals surface area contributed by atoms with Crippen LogP contribution in [0.25, 0.3) is 0 Å². The summed E-state index contributed by atoms with van der Waals surface area (Å²) in [5, 5.41) is 3.89. The van der Waals surface area contributed by atoms with Gasteiger partial charge in [0.2, 0.25) is 11.8 Å². The Bertz CT molecular complexity index is 1080. The fourth-order valence-corrected chi connectivity index (χ4v) is 4.93. The number of hydrogen-bond acceptors (Lipinski definition) is 3. The van der Waals surface area contributed by atoms with Gasteiger partial charge < -0.3 is 10.2 Å². The summed E-state index contributed by atoms with van der Waals surface area (Å²) in [4.78, 5) is 28.3. The van der Waals surface area contributed by atoms with Crippen molar-refractivity contribution in [2.45, 2.75) is 31.7 Å². The molecule has 34 heavy (non-hydrogen) atoms. The number of thioether (sulfide) groups is 1. The lowest BCUT2D eigenvalue weighted by Crippen LogP contribution is -2.51. The Hall–Kier alpha value is -2.47. The van der Waals surface area contributed by atoms with E-state index in [0.29, 0.717) is 28.8 Å². The number of carbonyl (C=O) groups is 2. The Balaban J connectivity index is 1.86. The van der Waals surface area contributed by atoms with Crippen molar-refractivity contribution in [2.75, 3.05) is 12.3 Å². The molecule has 0 aliphatic carbocycles. The van der Waals surface area contributed by atoms with E-state index in [1.54, 1.807) is 23.1 Å². The van der Waals surface area contributed by atoms with Crippen molar-refractivity contribution in [3.8, 4) is 0 Å². The molecule has 3 aromatic rings. The number of halogens is 2. The molecule has 0 aromatic heterocycles. The molecular weight excluding hydrogens is 487 g/mol. The first-order chi connectivity index (χ1) is 16.5. The normalized spacial score (nSPS) is 11.6. The van der Waals surface area contributed by atoms with Crippen molar-refractivity contribution in [2.24, 2.45) is 0 Å². The first-order valence-corrected chi connectivity index (χ1v) is 13.1. The second-order valence-electron chi connectivity index (χ2n) is 7.84. The van der Waals surface area contributed by atoms with Gasteiger partial charge >= 0.3 is 0 Å². The van der Waals surface area contributed by atoms with Crippen molar-refractivity contribution in [1.29, 1.82) is 0 Å². The smallest absolute Gasteiger partial charge is 0.243 e. The Morgan fingerprint density at radius 1 is 0.941 bits per heavy atom. The fraction of sp³-hybridized carbons (Fsp3) is 0.259. The molecule has 0 saturated heterocycles. The van der Waals surface area contributed by atoms with Crippen LogP contribution >= 0.6 is 35.0 Å². The van der Waals surface area contributed by atoms with Crippen molar-refractivity contribution in [3.05, 3.63) is 106 Å². The molecule has 0 aliphatic heterocycles. The molecular formula is C27H28Cl2N2O2S. The number of rotatable bonds is 11. The molecule has 0 bridgehead atoms. The fourth-order valence-electron chi connectivity index (χ4n) is 3.59. The molecule has 0 unspecified atom stereocenters. The molecule has 0 heterocycles. The third-order valence-corrected chi connectivity index (χ3v) is 6.89. The molecule has 4 nitrogen and oxygen atoms in total. The van der Waals surface area contributed by atoms with Crippen LogP contribution in [0.1, 0.15) is 23.6 Å². The minimum Gasteiger partial charge on any atom is -0.355 e. The van der Waals surface area contributed by atoms with Crippen LogP contribution in [0.5, 0.6) is 0 Å². The van der Waals surface area contributed by atoms with Gasteiger partial charge in [-0.25, -0.2) is 0 Å². The average molecular weight is 516 g/mol. The van der Waals surface area contributed by atoms with E-state index in [1.165, 1.54) is 11.8 Å². The van der Waals surface area contributed by atoms with Gasteiger partial charge in [-0.2, -0.15) is 0 Å². The molecule has 178 valence electrons. The monoisotopic (exact) mass is 514 g/mol. The lowest BCUT2D eigenvalue weighted by Gasteiger charge is -2.31. The largest absolute Gasteiger partial charge is 0.355 e. The Labute approximate surface area is 215 Å². The summed E-state index contributed by atoms with van der Waals surface area (Å²) in [5.41, 5.74) is 2.88. The van der Waals surface area contributed by atoms with Gasteiger partial charge in [-0.1, -0.05) is 89.9 Å². The number of nitrogens with zero attached hydrogens (tertiary/aromatic N) is 1. The standard InChI is InChI=1S/C27H28Cl2N2O2S/c1-2-30-27(33)25(15-20-9-5-3-6-10-20)31(17-22-13-14-23(28)16-24(22)29)26(32)19-34-18-21-11-7-4-8-12-21/h3-14,16,25H,2,15,17-19H2,1H3,(H,30,33)/t25-/m0/s1. The first kappa shape index (κ1) is 26.1. The number of carbonyl (C=O) groups excluding carboxylic acids is 2. The van der Waals surface area contributed by atoms with Crippen LogP contribution in [0.2, 0.25) is 10.0 Å². The third-order valence-electron chi connectivity index (χ3n) is 5.31. The maximum atomic E-state index is 13.5. The SMILES string of the molecule is CCNC(=O)[C@H](Cc1ccccc1)N(Cc1ccc(Cl)cc1Cl)C(=O)CSCc1ccccc1. The van der Waals surface area contributed by atoms with Gasteiger partial charge in [0.1, 0.15) is 6.04 Å². The van der Waals surface area contributed by atoms with E-state index >= 15 is 0 Å². The zero-order valence-corrected chi connectivity index (χ0v) is 21.4. The van der Waals surface area contributed by atoms with Crippen molar-refractivity contribution >= 4 is 46.8 Å². The highest BCUT2D eigenvalue weighted by atomic mass is 35.5. The van der Waals surface area contributed by atoms with Crippen LogP contribution < -0.4 is 5.32 Å². The van der Waals surface area contributed by atoms with Crippen LogP contribution in [0.15, 0.2) is 78.9 Å². The van der Waals surface area contributed by atoms with Crippen LogP contribution in [-0.2, 0) is 28.3 Å². The van der Waals surface area contributed by atoms with Gasteiger partial charge in [-0.3, -0.25) is 9.59 Å². The number of hydrogen-bond donors (Lipinski definition) is 1. The van der Waals surface area contributed by atoms with E-state index in [1.807, 2.05) is 67.6 Å². The predicted molar refractivity (Wildman–Crippen MR) is 142 cm³/mol. The summed E-state index contributed by atoms with van der Waals surface area (Å²) in [6.45, 7) is 2.57. The summed E-state index contributed by atoms with van der Waals surface area (Å²) in [5.74, 6) is 0.675. The van der Waals surface area contributed by atoms with Crippen LogP contribution in [0.4, 0.5) is 0 Å². The molecule has 1 atom stereocenters. The Kier molecular flexibility index (Phi) is 10.3. The van der Waals surface area contributed by atoms with Gasteiger partial charge in [-0.05, 0) is 35.7 Å². The third kappa shape index (κ3) is 7.79. The molecule has 1 N–H and O–H groups in total. The Morgan fingerprint density at radius 3 is 2.21 bits per heavy atom. The van der Waals surface area contributed by atoms with E-state index in [2.05, 4.69) is 5.32 Å². The topological polar surface area (TPSA) is 49.4 Å². The van der Waals surface area contributed by atoms with Crippen molar-refractivity contribution in [1.82, 2.24) is 10.2 Å². The number of amides is 2. The summed E-state index contributed by atoms with van der Waals surface area (Å²) in [6.07, 6.45) is 0.410. The Morgan fingerprint density at radius 2 is 1.59 bits per heavy atom. The summed E-state index contributed by atoms with van der Waals surface area (Å²) in [6, 6.07) is 24.3. The van der Waals surface area contributed by atoms with Gasteiger partial charge in [0, 0.05) is 35.3 Å². The van der Waals surface area contributed by atoms with E-state index in [9.17, 15) is 9.59 Å². The number of nitrogens with one attached hydrogen (secondary N) is 1. The van der Waals surface area contributed by atoms with Gasteiger partial charge in [0.05, 0.1) is 5.75 Å². The molecule has 3 aromatic carbocycles. The molecule has 0 aliphatic rings. The average Bonchev–Trinajstić information content (AvgIpc) is 2.84. The lowest BCUT2D eigenvalue weighted by atomic mass is 10.0. The van der Waals surface area contributed by atoms with Crippen molar-refractivity contribution < 1.29 is 9.59 Å². The summed E-state index contributed by atoms with van der Waals surface area (Å²) in [7, 11) is 0. The molecule has 3 rings (SSSR count). The first-order valence-electron chi connectivity index (χ1n) is 11.1. The second-order valence-corrected chi connectivity index (χ2v) is 9.67. The highest BCUT2D eigenvalue weighted by Gasteiger charge is 2.30. The van der Waals surface area contributed by atoms with E-state index in [-0.39, 0.29) is 24.1 Å². The highest BCUT2D eigenvalue weighted by Crippen LogP contribution is 2.25. The van der Waals surface area contributed by atoms with E-state index < -0.39 is 6.04 Å². The molecule has 2 amide bonds. The zero-order chi connectivity index (χ0) is 24.3. The van der Waals surface area contributed by atoms with Gasteiger partial charge in [-0.15, -0.1) is 11.8 Å². The quantitative estimate of drug-likeness (QED) is 0.341. The van der Waals surface area contributed by atoms with E-state index in [0.717, 1.165) is 16.7 Å². The predicted octanol–water partition coefficient (Wildman–Crippen LogP) is 6.00. The summed E-state index contributed by atoms with van der Waals surface area (Å²) >= 11 is 14.0. The highest BCUT2D eigenvalue weighted by molar-refractivity contribution is 7.99. The molecule has 7 heteroatoms. The zero-order valence-electron chi connectivity index (χ0n) is 19.0. The van der Waals surface area contributed by atoms with Crippen molar-refractivity contribution in [3.63, 3.8) is 0 Å². The minimum absolute atomic E-state index is 0.112. The van der Waals surface area contributed by atoms with Crippen LogP contribution in [-0.4, -0.2) is 35.1 Å². The van der Waals surface area contributed by atoms with Gasteiger partial charge in [0.15, 0.2) is 0 Å². The van der Waals surface area contributed by atoms with E-state index in [4.69, 9.17) is 23.2 Å². The minimum atomic E-state index is -0.668. The number of benzene rings is 3. The molecule has 0 saturated carbocycles. The second kappa shape index (κ2) is 13.4. The summed E-state index contributed by atoms with van der Waals surface area (Å²) < 4.78 is 0. The lowest BCUT2D eigenvalue weighted by molar-refractivity contribution is -0.139. The molecule has 0 radical (unpaired) electrons. The maximum absolute atomic E-state index is 13.5. The molecule has 0 spiro atoms. The van der Waals surface area contributed by atoms with Gasteiger partial charge in [0.25, 0.3) is 0 Å². The van der Waals surface area contributed by atoms with Crippen LogP contribution in [0, 0.1) is 0 Å².